The first-order valence-corrected chi connectivity index (χ1v) is 5.93. The third kappa shape index (κ3) is 5.21. The fourth-order valence-electron chi connectivity index (χ4n) is 1.50. The molecule has 1 aromatic rings. The van der Waals surface area contributed by atoms with Gasteiger partial charge in [0.05, 0.1) is 0 Å². The van der Waals surface area contributed by atoms with Gasteiger partial charge in [0.15, 0.2) is 0 Å². The second kappa shape index (κ2) is 7.16. The fraction of sp³-hybridized carbons (Fsp3) is 0.200. The third-order valence-corrected chi connectivity index (χ3v) is 2.57. The van der Waals surface area contributed by atoms with E-state index in [0.29, 0.717) is 0 Å². The molecule has 0 aliphatic rings. The molecule has 0 unspecified atom stereocenters. The Hall–Kier alpha value is -2.36. The predicted molar refractivity (Wildman–Crippen MR) is 74.6 cm³/mol. The molecular formula is C15H17NO3. The summed E-state index contributed by atoms with van der Waals surface area (Å²) in [5.41, 5.74) is 2.21. The first kappa shape index (κ1) is 14.7. The summed E-state index contributed by atoms with van der Waals surface area (Å²) in [6.07, 6.45) is 3.04. The molecule has 0 saturated carbocycles. The van der Waals surface area contributed by atoms with Crippen molar-refractivity contribution < 1.29 is 14.7 Å². The van der Waals surface area contributed by atoms with Crippen LogP contribution in [0, 0.1) is 6.92 Å². The topological polar surface area (TPSA) is 66.4 Å². The molecule has 4 nitrogen and oxygen atoms in total. The molecule has 0 aromatic heterocycles. The molecular weight excluding hydrogens is 242 g/mol. The van der Waals surface area contributed by atoms with Gasteiger partial charge in [-0.3, -0.25) is 4.79 Å². The minimum absolute atomic E-state index is 0.258. The Morgan fingerprint density at radius 2 is 1.95 bits per heavy atom. The van der Waals surface area contributed by atoms with Crippen molar-refractivity contribution in [2.75, 3.05) is 6.54 Å². The van der Waals surface area contributed by atoms with Gasteiger partial charge >= 0.3 is 5.97 Å². The van der Waals surface area contributed by atoms with Gasteiger partial charge in [-0.05, 0) is 31.1 Å². The molecule has 0 heterocycles. The van der Waals surface area contributed by atoms with Gasteiger partial charge in [0, 0.05) is 12.1 Å². The zero-order chi connectivity index (χ0) is 14.3. The van der Waals surface area contributed by atoms with Crippen molar-refractivity contribution in [2.45, 2.75) is 13.3 Å². The lowest BCUT2D eigenvalue weighted by atomic mass is 10.1. The van der Waals surface area contributed by atoms with Gasteiger partial charge in [-0.2, -0.15) is 0 Å². The number of carbonyl (C=O) groups is 2. The quantitative estimate of drug-likeness (QED) is 0.769. The van der Waals surface area contributed by atoms with Crippen LogP contribution in [0.1, 0.15) is 17.5 Å². The molecule has 0 fully saturated rings. The molecule has 1 rings (SSSR count). The summed E-state index contributed by atoms with van der Waals surface area (Å²) in [6, 6.07) is 7.57. The van der Waals surface area contributed by atoms with Crippen LogP contribution in [-0.2, 0) is 9.59 Å². The van der Waals surface area contributed by atoms with Crippen molar-refractivity contribution >= 4 is 18.0 Å². The van der Waals surface area contributed by atoms with Crippen LogP contribution in [0.5, 0.6) is 0 Å². The number of carboxylic acid groups (broad SMARTS) is 1. The van der Waals surface area contributed by atoms with Crippen molar-refractivity contribution in [3.8, 4) is 0 Å². The number of hydrogen-bond acceptors (Lipinski definition) is 2. The highest BCUT2D eigenvalue weighted by Gasteiger charge is 2.07. The summed E-state index contributed by atoms with van der Waals surface area (Å²) in [5.74, 6) is -1.28. The maximum Gasteiger partial charge on any atom is 0.331 e. The van der Waals surface area contributed by atoms with E-state index in [1.54, 1.807) is 6.08 Å². The number of carboxylic acids is 1. The van der Waals surface area contributed by atoms with Gasteiger partial charge < -0.3 is 10.4 Å². The van der Waals surface area contributed by atoms with Crippen LogP contribution in [0.4, 0.5) is 0 Å². The Kier molecular flexibility index (Phi) is 5.54. The highest BCUT2D eigenvalue weighted by Crippen LogP contribution is 2.11. The smallest absolute Gasteiger partial charge is 0.331 e. The molecule has 0 spiro atoms. The normalized spacial score (nSPS) is 10.9. The number of aliphatic carboxylic acids is 1. The summed E-state index contributed by atoms with van der Waals surface area (Å²) < 4.78 is 0. The largest absolute Gasteiger partial charge is 0.478 e. The molecule has 0 aliphatic carbocycles. The second-order valence-electron chi connectivity index (χ2n) is 4.13. The number of hydrogen-bond donors (Lipinski definition) is 2. The van der Waals surface area contributed by atoms with E-state index in [0.717, 1.165) is 17.2 Å². The Morgan fingerprint density at radius 3 is 2.47 bits per heavy atom. The average molecular weight is 259 g/mol. The van der Waals surface area contributed by atoms with Gasteiger partial charge in [0.1, 0.15) is 0 Å². The molecule has 0 radical (unpaired) electrons. The van der Waals surface area contributed by atoms with Gasteiger partial charge in [-0.25, -0.2) is 4.79 Å². The second-order valence-corrected chi connectivity index (χ2v) is 4.13. The fourth-order valence-corrected chi connectivity index (χ4v) is 1.50. The molecule has 2 N–H and O–H groups in total. The van der Waals surface area contributed by atoms with Crippen molar-refractivity contribution in [3.63, 3.8) is 0 Å². The summed E-state index contributed by atoms with van der Waals surface area (Å²) in [5, 5.41) is 11.7. The first-order chi connectivity index (χ1) is 9.02. The monoisotopic (exact) mass is 259 g/mol. The SMILES string of the molecule is C=CC(=O)NCC/C(=C\c1ccc(C)cc1)C(=O)O. The van der Waals surface area contributed by atoms with E-state index >= 15 is 0 Å². The van der Waals surface area contributed by atoms with Gasteiger partial charge in [0.25, 0.3) is 0 Å². The van der Waals surface area contributed by atoms with Crippen LogP contribution in [0.3, 0.4) is 0 Å². The Labute approximate surface area is 112 Å². The number of nitrogens with one attached hydrogen (secondary N) is 1. The molecule has 0 atom stereocenters. The molecule has 100 valence electrons. The average Bonchev–Trinajstić information content (AvgIpc) is 2.39. The van der Waals surface area contributed by atoms with E-state index in [1.165, 1.54) is 0 Å². The summed E-state index contributed by atoms with van der Waals surface area (Å²) >= 11 is 0. The minimum atomic E-state index is -0.978. The third-order valence-electron chi connectivity index (χ3n) is 2.57. The van der Waals surface area contributed by atoms with E-state index in [9.17, 15) is 9.59 Å². The molecule has 4 heteroatoms. The lowest BCUT2D eigenvalue weighted by molar-refractivity contribution is -0.132. The highest BCUT2D eigenvalue weighted by molar-refractivity contribution is 5.92. The first-order valence-electron chi connectivity index (χ1n) is 5.93. The van der Waals surface area contributed by atoms with Crippen LogP contribution < -0.4 is 5.32 Å². The van der Waals surface area contributed by atoms with Crippen molar-refractivity contribution in [1.82, 2.24) is 5.32 Å². The Morgan fingerprint density at radius 1 is 1.32 bits per heavy atom. The molecule has 1 aromatic carbocycles. The number of carbonyl (C=O) groups excluding carboxylic acids is 1. The molecule has 1 amide bonds. The highest BCUT2D eigenvalue weighted by atomic mass is 16.4. The van der Waals surface area contributed by atoms with Crippen molar-refractivity contribution in [2.24, 2.45) is 0 Å². The summed E-state index contributed by atoms with van der Waals surface area (Å²) in [4.78, 5) is 22.1. The molecule has 0 saturated heterocycles. The van der Waals surface area contributed by atoms with E-state index in [2.05, 4.69) is 11.9 Å². The van der Waals surface area contributed by atoms with Crippen LogP contribution in [0.15, 0.2) is 42.5 Å². The number of benzene rings is 1. The lowest BCUT2D eigenvalue weighted by Gasteiger charge is -2.04. The zero-order valence-electron chi connectivity index (χ0n) is 10.8. The van der Waals surface area contributed by atoms with Crippen molar-refractivity contribution in [3.05, 3.63) is 53.6 Å². The lowest BCUT2D eigenvalue weighted by Crippen LogP contribution is -2.23. The maximum atomic E-state index is 11.1. The standard InChI is InChI=1S/C15H17NO3/c1-3-14(17)16-9-8-13(15(18)19)10-12-6-4-11(2)5-7-12/h3-7,10H,1,8-9H2,2H3,(H,16,17)(H,18,19)/b13-10+. The van der Waals surface area contributed by atoms with Crippen LogP contribution >= 0.6 is 0 Å². The molecule has 0 aliphatic heterocycles. The van der Waals surface area contributed by atoms with Gasteiger partial charge in [-0.15, -0.1) is 0 Å². The molecule has 0 bridgehead atoms. The van der Waals surface area contributed by atoms with Gasteiger partial charge in [-0.1, -0.05) is 36.4 Å². The zero-order valence-corrected chi connectivity index (χ0v) is 10.8. The van der Waals surface area contributed by atoms with E-state index in [-0.39, 0.29) is 24.4 Å². The number of amides is 1. The van der Waals surface area contributed by atoms with E-state index in [4.69, 9.17) is 5.11 Å². The predicted octanol–water partition coefficient (Wildman–Crippen LogP) is 2.16. The van der Waals surface area contributed by atoms with Gasteiger partial charge in [0.2, 0.25) is 5.91 Å². The Balaban J connectivity index is 2.71. The van der Waals surface area contributed by atoms with E-state index in [1.807, 2.05) is 31.2 Å². The minimum Gasteiger partial charge on any atom is -0.478 e. The number of aryl methyl sites for hydroxylation is 1. The van der Waals surface area contributed by atoms with E-state index < -0.39 is 5.97 Å². The molecule has 19 heavy (non-hydrogen) atoms. The summed E-state index contributed by atoms with van der Waals surface area (Å²) in [6.45, 7) is 5.57. The maximum absolute atomic E-state index is 11.1. The van der Waals surface area contributed by atoms with Crippen LogP contribution in [-0.4, -0.2) is 23.5 Å². The summed E-state index contributed by atoms with van der Waals surface area (Å²) in [7, 11) is 0. The van der Waals surface area contributed by atoms with Crippen LogP contribution in [0.2, 0.25) is 0 Å². The number of rotatable bonds is 6. The van der Waals surface area contributed by atoms with Crippen molar-refractivity contribution in [1.29, 1.82) is 0 Å². The van der Waals surface area contributed by atoms with Crippen LogP contribution in [0.25, 0.3) is 6.08 Å². The Bertz CT molecular complexity index is 501.